The number of hydrogen-bond donors (Lipinski definition) is 2. The van der Waals surface area contributed by atoms with E-state index in [1.165, 1.54) is 4.90 Å². The Morgan fingerprint density at radius 3 is 2.65 bits per heavy atom. The molecule has 3 fully saturated rings. The summed E-state index contributed by atoms with van der Waals surface area (Å²) in [4.78, 5) is 42.3. The van der Waals surface area contributed by atoms with Gasteiger partial charge in [0.25, 0.3) is 5.91 Å². The lowest BCUT2D eigenvalue weighted by molar-refractivity contribution is -0.133. The highest BCUT2D eigenvalue weighted by atomic mass is 32.2. The minimum Gasteiger partial charge on any atom is -0.344 e. The first-order valence-corrected chi connectivity index (χ1v) is 12.7. The van der Waals surface area contributed by atoms with Crippen LogP contribution in [0.3, 0.4) is 0 Å². The van der Waals surface area contributed by atoms with Crippen LogP contribution in [0.1, 0.15) is 58.3 Å². The van der Waals surface area contributed by atoms with Gasteiger partial charge in [0.1, 0.15) is 11.6 Å². The van der Waals surface area contributed by atoms with Crippen molar-refractivity contribution in [3.8, 4) is 0 Å². The van der Waals surface area contributed by atoms with E-state index in [9.17, 15) is 22.8 Å². The van der Waals surface area contributed by atoms with Crippen molar-refractivity contribution in [1.82, 2.24) is 19.8 Å². The third-order valence-electron chi connectivity index (χ3n) is 7.24. The molecule has 0 spiro atoms. The number of carbonyl (C=O) groups excluding carboxylic acids is 3. The van der Waals surface area contributed by atoms with Crippen LogP contribution in [0.4, 0.5) is 4.79 Å². The van der Waals surface area contributed by atoms with Crippen molar-refractivity contribution in [1.29, 1.82) is 0 Å². The average Bonchev–Trinajstić information content (AvgIpc) is 3.56. The molecular formula is C21H32N4O5S. The number of rotatable bonds is 3. The zero-order chi connectivity index (χ0) is 22.4. The van der Waals surface area contributed by atoms with Gasteiger partial charge in [0.2, 0.25) is 15.9 Å². The van der Waals surface area contributed by atoms with Gasteiger partial charge in [0.15, 0.2) is 0 Å². The number of likely N-dealkylation sites (N-methyl/N-ethyl adjacent to an activating group) is 1. The number of allylic oxidation sites excluding steroid dienone is 1. The van der Waals surface area contributed by atoms with E-state index in [-0.39, 0.29) is 11.8 Å². The van der Waals surface area contributed by atoms with Gasteiger partial charge >= 0.3 is 6.03 Å². The molecule has 4 rings (SSSR count). The summed E-state index contributed by atoms with van der Waals surface area (Å²) in [5, 5.41) is 2.81. The maximum Gasteiger partial charge on any atom is 0.318 e. The highest BCUT2D eigenvalue weighted by molar-refractivity contribution is 7.91. The van der Waals surface area contributed by atoms with Crippen molar-refractivity contribution >= 4 is 27.9 Å². The molecule has 172 valence electrons. The van der Waals surface area contributed by atoms with Crippen LogP contribution in [0.5, 0.6) is 0 Å². The molecule has 2 heterocycles. The second kappa shape index (κ2) is 7.79. The van der Waals surface area contributed by atoms with Gasteiger partial charge in [-0.1, -0.05) is 12.2 Å². The topological polar surface area (TPSA) is 116 Å². The summed E-state index contributed by atoms with van der Waals surface area (Å²) in [6.07, 6.45) is 9.15. The maximum absolute atomic E-state index is 13.1. The molecule has 2 aliphatic heterocycles. The Hall–Kier alpha value is -2.10. The van der Waals surface area contributed by atoms with Gasteiger partial charge < -0.3 is 15.1 Å². The molecule has 3 atom stereocenters. The Bertz CT molecular complexity index is 913. The molecule has 0 aromatic rings. The largest absolute Gasteiger partial charge is 0.344 e. The molecule has 4 aliphatic rings. The van der Waals surface area contributed by atoms with E-state index < -0.39 is 38.3 Å². The van der Waals surface area contributed by atoms with Crippen LogP contribution < -0.4 is 10.0 Å². The molecule has 0 bridgehead atoms. The normalized spacial score (nSPS) is 34.1. The molecule has 0 radical (unpaired) electrons. The lowest BCUT2D eigenvalue weighted by Gasteiger charge is -2.30. The molecule has 2 N–H and O–H groups in total. The Morgan fingerprint density at radius 1 is 1.19 bits per heavy atom. The smallest absolute Gasteiger partial charge is 0.318 e. The molecule has 10 heteroatoms. The van der Waals surface area contributed by atoms with Crippen LogP contribution in [-0.4, -0.2) is 72.5 Å². The van der Waals surface area contributed by atoms with Gasteiger partial charge in [0.05, 0.1) is 4.75 Å². The van der Waals surface area contributed by atoms with Crippen LogP contribution >= 0.6 is 0 Å². The van der Waals surface area contributed by atoms with E-state index in [0.717, 1.165) is 19.3 Å². The van der Waals surface area contributed by atoms with Crippen LogP contribution in [0.2, 0.25) is 0 Å². The van der Waals surface area contributed by atoms with Crippen LogP contribution in [0.15, 0.2) is 12.2 Å². The zero-order valence-corrected chi connectivity index (χ0v) is 19.0. The summed E-state index contributed by atoms with van der Waals surface area (Å²) in [5.74, 6) is -1.04. The number of urea groups is 1. The zero-order valence-electron chi connectivity index (χ0n) is 18.2. The fraction of sp³-hybridized carbons (Fsp3) is 0.762. The van der Waals surface area contributed by atoms with E-state index in [1.807, 2.05) is 12.2 Å². The molecule has 4 amide bonds. The van der Waals surface area contributed by atoms with Crippen molar-refractivity contribution in [2.45, 2.75) is 74.6 Å². The standard InChI is InChI=1S/C21H32N4O5S/c1-20(10-11-20)31(29,30)23-18(27)21-14-15(21)8-5-3-4-6-12-24(2)17(26)16-9-7-13-25(16)19(28)22-21/h5,8,15-16H,3-4,6-7,9-14H2,1-2H3,(H,22,28)(H,23,27)/b8-5-/t15-,16+,21-/m1/s1. The van der Waals surface area contributed by atoms with E-state index in [1.54, 1.807) is 18.9 Å². The van der Waals surface area contributed by atoms with E-state index in [4.69, 9.17) is 0 Å². The summed E-state index contributed by atoms with van der Waals surface area (Å²) >= 11 is 0. The molecule has 31 heavy (non-hydrogen) atoms. The average molecular weight is 453 g/mol. The molecule has 0 unspecified atom stereocenters. The Balaban J connectivity index is 1.57. The fourth-order valence-electron chi connectivity index (χ4n) is 4.53. The summed E-state index contributed by atoms with van der Waals surface area (Å²) in [6, 6.07) is -1.03. The van der Waals surface area contributed by atoms with Crippen molar-refractivity contribution < 1.29 is 22.8 Å². The molecule has 2 aliphatic carbocycles. The summed E-state index contributed by atoms with van der Waals surface area (Å²) in [5.41, 5.74) is -1.29. The predicted octanol–water partition coefficient (Wildman–Crippen LogP) is 1.12. The maximum atomic E-state index is 13.1. The number of sulfonamides is 1. The highest BCUT2D eigenvalue weighted by Crippen LogP contribution is 2.47. The highest BCUT2D eigenvalue weighted by Gasteiger charge is 2.62. The SMILES string of the molecule is CN1CCCC/C=C\[C@@H]2C[C@@]2(C(=O)NS(=O)(=O)C2(C)CC2)NC(=O)N2CCC[C@H]2C1=O. The lowest BCUT2D eigenvalue weighted by Crippen LogP contribution is -2.58. The minimum absolute atomic E-state index is 0.0877. The van der Waals surface area contributed by atoms with Crippen molar-refractivity contribution in [3.05, 3.63) is 12.2 Å². The van der Waals surface area contributed by atoms with Gasteiger partial charge in [0, 0.05) is 26.1 Å². The molecular weight excluding hydrogens is 420 g/mol. The second-order valence-electron chi connectivity index (χ2n) is 9.63. The Morgan fingerprint density at radius 2 is 1.94 bits per heavy atom. The van der Waals surface area contributed by atoms with Crippen LogP contribution in [0, 0.1) is 5.92 Å². The van der Waals surface area contributed by atoms with Gasteiger partial charge in [-0.2, -0.15) is 0 Å². The van der Waals surface area contributed by atoms with E-state index in [0.29, 0.717) is 45.2 Å². The minimum atomic E-state index is -3.81. The number of nitrogens with one attached hydrogen (secondary N) is 2. The van der Waals surface area contributed by atoms with Crippen molar-refractivity contribution in [3.63, 3.8) is 0 Å². The number of hydrogen-bond acceptors (Lipinski definition) is 5. The summed E-state index contributed by atoms with van der Waals surface area (Å²) < 4.78 is 26.5. The number of nitrogens with zero attached hydrogens (tertiary/aromatic N) is 2. The monoisotopic (exact) mass is 452 g/mol. The number of amides is 4. The van der Waals surface area contributed by atoms with Gasteiger partial charge in [-0.3, -0.25) is 14.3 Å². The number of carbonyl (C=O) groups is 3. The first-order valence-electron chi connectivity index (χ1n) is 11.2. The van der Waals surface area contributed by atoms with E-state index in [2.05, 4.69) is 10.0 Å². The Labute approximate surface area is 183 Å². The van der Waals surface area contributed by atoms with Gasteiger partial charge in [-0.25, -0.2) is 13.2 Å². The van der Waals surface area contributed by atoms with Crippen molar-refractivity contribution in [2.75, 3.05) is 20.1 Å². The first-order chi connectivity index (χ1) is 14.6. The van der Waals surface area contributed by atoms with Crippen LogP contribution in [-0.2, 0) is 19.6 Å². The molecule has 9 nitrogen and oxygen atoms in total. The quantitative estimate of drug-likeness (QED) is 0.623. The lowest BCUT2D eigenvalue weighted by atomic mass is 10.1. The molecule has 1 saturated heterocycles. The summed E-state index contributed by atoms with van der Waals surface area (Å²) in [6.45, 7) is 2.70. The van der Waals surface area contributed by atoms with Crippen molar-refractivity contribution in [2.24, 2.45) is 5.92 Å². The van der Waals surface area contributed by atoms with Crippen LogP contribution in [0.25, 0.3) is 0 Å². The predicted molar refractivity (Wildman–Crippen MR) is 114 cm³/mol. The molecule has 0 aromatic carbocycles. The fourth-order valence-corrected chi connectivity index (χ4v) is 5.84. The van der Waals surface area contributed by atoms with Gasteiger partial charge in [-0.15, -0.1) is 0 Å². The molecule has 2 saturated carbocycles. The number of fused-ring (bicyclic) bond motifs is 2. The molecule has 0 aromatic heterocycles. The van der Waals surface area contributed by atoms with E-state index >= 15 is 0 Å². The second-order valence-corrected chi connectivity index (χ2v) is 11.8. The summed E-state index contributed by atoms with van der Waals surface area (Å²) in [7, 11) is -2.05. The van der Waals surface area contributed by atoms with Gasteiger partial charge in [-0.05, 0) is 58.3 Å². The third kappa shape index (κ3) is 4.06. The third-order valence-corrected chi connectivity index (χ3v) is 9.40. The Kier molecular flexibility index (Phi) is 5.56. The first kappa shape index (κ1) is 22.1.